The van der Waals surface area contributed by atoms with Crippen LogP contribution in [0.1, 0.15) is 33.1 Å². The molecule has 4 nitrogen and oxygen atoms in total. The first-order valence-corrected chi connectivity index (χ1v) is 6.21. The molecule has 0 saturated carbocycles. The maximum absolute atomic E-state index is 11.2. The Kier molecular flexibility index (Phi) is 5.77. The van der Waals surface area contributed by atoms with Crippen LogP contribution in [0.2, 0.25) is 0 Å². The lowest BCUT2D eigenvalue weighted by Gasteiger charge is -2.29. The number of nitrogens with zero attached hydrogens (tertiary/aromatic N) is 1. The molecule has 1 rings (SSSR count). The zero-order valence-electron chi connectivity index (χ0n) is 10.7. The molecule has 0 spiro atoms. The number of carbonyl (C=O) groups excluding carboxylic acids is 1. The molecule has 0 aliphatic carbocycles. The summed E-state index contributed by atoms with van der Waals surface area (Å²) < 4.78 is 4.70. The SMILES string of the molecule is CCN(CC1CCCN1)C(C)CC(=O)OC. The molecule has 0 aromatic carbocycles. The molecule has 0 radical (unpaired) electrons. The van der Waals surface area contributed by atoms with E-state index in [4.69, 9.17) is 4.74 Å². The first-order valence-electron chi connectivity index (χ1n) is 6.21. The molecule has 2 atom stereocenters. The zero-order valence-corrected chi connectivity index (χ0v) is 10.7. The summed E-state index contributed by atoms with van der Waals surface area (Å²) in [5.41, 5.74) is 0. The minimum absolute atomic E-state index is 0.120. The summed E-state index contributed by atoms with van der Waals surface area (Å²) in [6, 6.07) is 0.861. The minimum Gasteiger partial charge on any atom is -0.469 e. The third-order valence-corrected chi connectivity index (χ3v) is 3.34. The number of likely N-dealkylation sites (N-methyl/N-ethyl adjacent to an activating group) is 1. The van der Waals surface area contributed by atoms with Gasteiger partial charge >= 0.3 is 5.97 Å². The number of hydrogen-bond donors (Lipinski definition) is 1. The van der Waals surface area contributed by atoms with Crippen molar-refractivity contribution in [1.29, 1.82) is 0 Å². The Labute approximate surface area is 98.3 Å². The smallest absolute Gasteiger partial charge is 0.307 e. The van der Waals surface area contributed by atoms with Crippen molar-refractivity contribution in [3.8, 4) is 0 Å². The highest BCUT2D eigenvalue weighted by Crippen LogP contribution is 2.11. The van der Waals surface area contributed by atoms with E-state index in [0.717, 1.165) is 19.6 Å². The quantitative estimate of drug-likeness (QED) is 0.689. The van der Waals surface area contributed by atoms with E-state index < -0.39 is 0 Å². The van der Waals surface area contributed by atoms with Crippen molar-refractivity contribution < 1.29 is 9.53 Å². The van der Waals surface area contributed by atoms with Gasteiger partial charge in [-0.25, -0.2) is 0 Å². The Morgan fingerprint density at radius 2 is 2.38 bits per heavy atom. The lowest BCUT2D eigenvalue weighted by Crippen LogP contribution is -2.43. The minimum atomic E-state index is -0.120. The number of rotatable bonds is 6. The van der Waals surface area contributed by atoms with Gasteiger partial charge in [0.25, 0.3) is 0 Å². The zero-order chi connectivity index (χ0) is 12.0. The predicted octanol–water partition coefficient (Wildman–Crippen LogP) is 1.01. The number of hydrogen-bond acceptors (Lipinski definition) is 4. The summed E-state index contributed by atoms with van der Waals surface area (Å²) in [5.74, 6) is -0.120. The van der Waals surface area contributed by atoms with Crippen molar-refractivity contribution >= 4 is 5.97 Å². The lowest BCUT2D eigenvalue weighted by atomic mass is 10.1. The summed E-state index contributed by atoms with van der Waals surface area (Å²) in [6.45, 7) is 7.39. The van der Waals surface area contributed by atoms with Crippen molar-refractivity contribution in [1.82, 2.24) is 10.2 Å². The maximum atomic E-state index is 11.2. The Balaban J connectivity index is 2.36. The van der Waals surface area contributed by atoms with Crippen molar-refractivity contribution in [3.63, 3.8) is 0 Å². The number of ether oxygens (including phenoxy) is 1. The molecule has 0 aromatic heterocycles. The maximum Gasteiger partial charge on any atom is 0.307 e. The van der Waals surface area contributed by atoms with Gasteiger partial charge in [0.05, 0.1) is 13.5 Å². The van der Waals surface area contributed by atoms with Crippen LogP contribution in [0, 0.1) is 0 Å². The second kappa shape index (κ2) is 6.86. The molecule has 0 aromatic rings. The summed E-state index contributed by atoms with van der Waals surface area (Å²) in [4.78, 5) is 13.6. The first kappa shape index (κ1) is 13.5. The Morgan fingerprint density at radius 3 is 2.88 bits per heavy atom. The molecule has 94 valence electrons. The molecule has 4 heteroatoms. The van der Waals surface area contributed by atoms with Crippen LogP contribution in [0.4, 0.5) is 0 Å². The van der Waals surface area contributed by atoms with Gasteiger partial charge in [-0.1, -0.05) is 6.92 Å². The highest BCUT2D eigenvalue weighted by atomic mass is 16.5. The van der Waals surface area contributed by atoms with E-state index in [1.807, 2.05) is 0 Å². The van der Waals surface area contributed by atoms with Crippen LogP contribution >= 0.6 is 0 Å². The molecule has 16 heavy (non-hydrogen) atoms. The van der Waals surface area contributed by atoms with Gasteiger partial charge in [-0.2, -0.15) is 0 Å². The number of esters is 1. The Hall–Kier alpha value is -0.610. The molecule has 1 aliphatic heterocycles. The highest BCUT2D eigenvalue weighted by molar-refractivity contribution is 5.69. The third kappa shape index (κ3) is 4.10. The van der Waals surface area contributed by atoms with Gasteiger partial charge in [-0.3, -0.25) is 9.69 Å². The second-order valence-electron chi connectivity index (χ2n) is 4.51. The van der Waals surface area contributed by atoms with Crippen molar-refractivity contribution in [2.75, 3.05) is 26.7 Å². The molecule has 1 fully saturated rings. The van der Waals surface area contributed by atoms with E-state index in [-0.39, 0.29) is 12.0 Å². The fourth-order valence-corrected chi connectivity index (χ4v) is 2.27. The normalized spacial score (nSPS) is 22.4. The summed E-state index contributed by atoms with van der Waals surface area (Å²) in [6.07, 6.45) is 3.01. The third-order valence-electron chi connectivity index (χ3n) is 3.34. The molecule has 0 amide bonds. The summed E-state index contributed by atoms with van der Waals surface area (Å²) in [5, 5.41) is 3.49. The lowest BCUT2D eigenvalue weighted by molar-refractivity contribution is -0.141. The Bertz CT molecular complexity index is 215. The standard InChI is InChI=1S/C12H24N2O2/c1-4-14(9-11-6-5-7-13-11)10(2)8-12(15)16-3/h10-11,13H,4-9H2,1-3H3. The Morgan fingerprint density at radius 1 is 1.62 bits per heavy atom. The van der Waals surface area contributed by atoms with Gasteiger partial charge in [0.15, 0.2) is 0 Å². The average molecular weight is 228 g/mol. The van der Waals surface area contributed by atoms with Crippen molar-refractivity contribution in [3.05, 3.63) is 0 Å². The van der Waals surface area contributed by atoms with Crippen LogP contribution in [0.15, 0.2) is 0 Å². The number of carbonyl (C=O) groups is 1. The predicted molar refractivity (Wildman–Crippen MR) is 64.4 cm³/mol. The van der Waals surface area contributed by atoms with Gasteiger partial charge < -0.3 is 10.1 Å². The molecule has 2 unspecified atom stereocenters. The van der Waals surface area contributed by atoms with Crippen molar-refractivity contribution in [2.24, 2.45) is 0 Å². The van der Waals surface area contributed by atoms with E-state index in [0.29, 0.717) is 12.5 Å². The largest absolute Gasteiger partial charge is 0.469 e. The number of nitrogens with one attached hydrogen (secondary N) is 1. The van der Waals surface area contributed by atoms with Gasteiger partial charge in [0, 0.05) is 18.6 Å². The first-order chi connectivity index (χ1) is 7.67. The molecule has 1 saturated heterocycles. The van der Waals surface area contributed by atoms with Crippen LogP contribution in [-0.2, 0) is 9.53 Å². The molecule has 1 aliphatic rings. The van der Waals surface area contributed by atoms with Crippen LogP contribution in [0.3, 0.4) is 0 Å². The second-order valence-corrected chi connectivity index (χ2v) is 4.51. The van der Waals surface area contributed by atoms with E-state index in [9.17, 15) is 4.79 Å². The molecule has 1 heterocycles. The van der Waals surface area contributed by atoms with Gasteiger partial charge in [0.2, 0.25) is 0 Å². The van der Waals surface area contributed by atoms with Crippen LogP contribution in [0.25, 0.3) is 0 Å². The van der Waals surface area contributed by atoms with Gasteiger partial charge in [0.1, 0.15) is 0 Å². The molecule has 0 bridgehead atoms. The highest BCUT2D eigenvalue weighted by Gasteiger charge is 2.21. The van der Waals surface area contributed by atoms with E-state index in [2.05, 4.69) is 24.1 Å². The van der Waals surface area contributed by atoms with E-state index >= 15 is 0 Å². The summed E-state index contributed by atoms with van der Waals surface area (Å²) in [7, 11) is 1.45. The fraction of sp³-hybridized carbons (Fsp3) is 0.917. The summed E-state index contributed by atoms with van der Waals surface area (Å²) >= 11 is 0. The van der Waals surface area contributed by atoms with Crippen LogP contribution in [-0.4, -0.2) is 49.7 Å². The van der Waals surface area contributed by atoms with Crippen LogP contribution < -0.4 is 5.32 Å². The monoisotopic (exact) mass is 228 g/mol. The van der Waals surface area contributed by atoms with E-state index in [1.165, 1.54) is 20.0 Å². The number of methoxy groups -OCH3 is 1. The van der Waals surface area contributed by atoms with Gasteiger partial charge in [-0.15, -0.1) is 0 Å². The van der Waals surface area contributed by atoms with Gasteiger partial charge in [-0.05, 0) is 32.9 Å². The topological polar surface area (TPSA) is 41.6 Å². The van der Waals surface area contributed by atoms with E-state index in [1.54, 1.807) is 0 Å². The fourth-order valence-electron chi connectivity index (χ4n) is 2.27. The molecular weight excluding hydrogens is 204 g/mol. The molecular formula is C12H24N2O2. The van der Waals surface area contributed by atoms with Crippen LogP contribution in [0.5, 0.6) is 0 Å². The molecule has 1 N–H and O–H groups in total. The average Bonchev–Trinajstić information content (AvgIpc) is 2.78. The van der Waals surface area contributed by atoms with Crippen molar-refractivity contribution in [2.45, 2.75) is 45.2 Å².